The molecule has 0 aliphatic heterocycles. The van der Waals surface area contributed by atoms with Crippen LogP contribution in [0.1, 0.15) is 0 Å². The second-order valence-corrected chi connectivity index (χ2v) is 5.30. The maximum absolute atomic E-state index is 13.2. The Morgan fingerprint density at radius 1 is 1.00 bits per heavy atom. The van der Waals surface area contributed by atoms with Gasteiger partial charge in [0.2, 0.25) is 5.95 Å². The highest BCUT2D eigenvalue weighted by Crippen LogP contribution is 2.28. The third kappa shape index (κ3) is 4.10. The number of hydrogen-bond donors (Lipinski definition) is 2. The molecule has 2 N–H and O–H groups in total. The molecule has 3 aromatic rings. The van der Waals surface area contributed by atoms with Gasteiger partial charge in [-0.15, -0.1) is 5.10 Å². The summed E-state index contributed by atoms with van der Waals surface area (Å²) < 4.78 is 31.3. The summed E-state index contributed by atoms with van der Waals surface area (Å²) in [7, 11) is 1.53. The van der Waals surface area contributed by atoms with Crippen LogP contribution in [0.15, 0.2) is 42.6 Å². The number of aromatic nitrogens is 3. The minimum Gasteiger partial charge on any atom is -0.495 e. The van der Waals surface area contributed by atoms with Crippen molar-refractivity contribution in [1.29, 1.82) is 0 Å². The molecule has 6 nitrogen and oxygen atoms in total. The van der Waals surface area contributed by atoms with E-state index < -0.39 is 11.6 Å². The largest absolute Gasteiger partial charge is 0.495 e. The van der Waals surface area contributed by atoms with E-state index in [9.17, 15) is 8.78 Å². The first kappa shape index (κ1) is 16.8. The van der Waals surface area contributed by atoms with Crippen molar-refractivity contribution in [3.05, 3.63) is 59.3 Å². The average molecular weight is 364 g/mol. The molecule has 0 amide bonds. The first-order chi connectivity index (χ1) is 12.0. The third-order valence-electron chi connectivity index (χ3n) is 3.16. The smallest absolute Gasteiger partial charge is 0.249 e. The van der Waals surface area contributed by atoms with Crippen LogP contribution in [0, 0.1) is 11.6 Å². The van der Waals surface area contributed by atoms with Gasteiger partial charge in [0.1, 0.15) is 5.75 Å². The number of ether oxygens (including phenoxy) is 1. The lowest BCUT2D eigenvalue weighted by molar-refractivity contribution is 0.415. The van der Waals surface area contributed by atoms with Crippen LogP contribution in [-0.2, 0) is 0 Å². The van der Waals surface area contributed by atoms with Crippen molar-refractivity contribution in [1.82, 2.24) is 15.2 Å². The predicted octanol–water partition coefficient (Wildman–Crippen LogP) is 4.30. The summed E-state index contributed by atoms with van der Waals surface area (Å²) in [6.07, 6.45) is 1.41. The molecule has 0 aliphatic rings. The Balaban J connectivity index is 1.77. The SMILES string of the molecule is COc1ccc(Nc2cnnc(Nc3ccc(F)c(F)c3)n2)cc1Cl. The van der Waals surface area contributed by atoms with E-state index in [4.69, 9.17) is 16.3 Å². The molecule has 0 saturated heterocycles. The van der Waals surface area contributed by atoms with Crippen molar-refractivity contribution in [3.63, 3.8) is 0 Å². The Hall–Kier alpha value is -3.00. The van der Waals surface area contributed by atoms with Crippen LogP contribution in [0.4, 0.5) is 31.9 Å². The quantitative estimate of drug-likeness (QED) is 0.704. The normalized spacial score (nSPS) is 10.4. The number of methoxy groups -OCH3 is 1. The maximum atomic E-state index is 13.2. The number of nitrogens with zero attached hydrogens (tertiary/aromatic N) is 3. The molecule has 0 bridgehead atoms. The highest BCUT2D eigenvalue weighted by atomic mass is 35.5. The van der Waals surface area contributed by atoms with E-state index >= 15 is 0 Å². The molecule has 128 valence electrons. The van der Waals surface area contributed by atoms with Crippen LogP contribution in [0.25, 0.3) is 0 Å². The molecule has 0 spiro atoms. The van der Waals surface area contributed by atoms with Crippen molar-refractivity contribution in [3.8, 4) is 5.75 Å². The highest BCUT2D eigenvalue weighted by molar-refractivity contribution is 6.32. The van der Waals surface area contributed by atoms with E-state index in [0.29, 0.717) is 28.0 Å². The minimum atomic E-state index is -0.972. The van der Waals surface area contributed by atoms with Gasteiger partial charge in [-0.25, -0.2) is 8.78 Å². The topological polar surface area (TPSA) is 72.0 Å². The van der Waals surface area contributed by atoms with Gasteiger partial charge < -0.3 is 15.4 Å². The maximum Gasteiger partial charge on any atom is 0.249 e. The molecule has 2 aromatic carbocycles. The Labute approximate surface area is 146 Å². The summed E-state index contributed by atoms with van der Waals surface area (Å²) in [5, 5.41) is 13.8. The Kier molecular flexibility index (Phi) is 4.90. The lowest BCUT2D eigenvalue weighted by atomic mass is 10.3. The first-order valence-corrected chi connectivity index (χ1v) is 7.45. The fourth-order valence-electron chi connectivity index (χ4n) is 2.01. The molecular formula is C16H12ClF2N5O. The lowest BCUT2D eigenvalue weighted by Crippen LogP contribution is -2.03. The molecule has 1 heterocycles. The van der Waals surface area contributed by atoms with Gasteiger partial charge in [0.15, 0.2) is 17.5 Å². The van der Waals surface area contributed by atoms with Gasteiger partial charge in [0.05, 0.1) is 18.3 Å². The van der Waals surface area contributed by atoms with E-state index in [1.807, 2.05) is 0 Å². The molecule has 3 rings (SSSR count). The van der Waals surface area contributed by atoms with Gasteiger partial charge in [-0.2, -0.15) is 10.1 Å². The predicted molar refractivity (Wildman–Crippen MR) is 90.8 cm³/mol. The van der Waals surface area contributed by atoms with Crippen molar-refractivity contribution < 1.29 is 13.5 Å². The molecule has 0 atom stereocenters. The lowest BCUT2D eigenvalue weighted by Gasteiger charge is -2.09. The van der Waals surface area contributed by atoms with Gasteiger partial charge in [-0.3, -0.25) is 0 Å². The number of hydrogen-bond acceptors (Lipinski definition) is 6. The molecule has 0 saturated carbocycles. The zero-order valence-electron chi connectivity index (χ0n) is 12.9. The molecular weight excluding hydrogens is 352 g/mol. The Morgan fingerprint density at radius 3 is 2.48 bits per heavy atom. The summed E-state index contributed by atoms with van der Waals surface area (Å²) in [5.74, 6) is -0.845. The fraction of sp³-hybridized carbons (Fsp3) is 0.0625. The summed E-state index contributed by atoms with van der Waals surface area (Å²) in [4.78, 5) is 4.20. The van der Waals surface area contributed by atoms with Crippen LogP contribution >= 0.6 is 11.6 Å². The van der Waals surface area contributed by atoms with Crippen molar-refractivity contribution in [2.24, 2.45) is 0 Å². The van der Waals surface area contributed by atoms with Crippen LogP contribution in [0.3, 0.4) is 0 Å². The number of halogens is 3. The molecule has 0 radical (unpaired) electrons. The summed E-state index contributed by atoms with van der Waals surface area (Å²) in [6.45, 7) is 0. The summed E-state index contributed by atoms with van der Waals surface area (Å²) in [5.41, 5.74) is 0.968. The molecule has 0 aliphatic carbocycles. The average Bonchev–Trinajstić information content (AvgIpc) is 2.59. The molecule has 1 aromatic heterocycles. The van der Waals surface area contributed by atoms with Gasteiger partial charge in [-0.1, -0.05) is 11.6 Å². The number of anilines is 4. The number of benzene rings is 2. The molecule has 25 heavy (non-hydrogen) atoms. The zero-order chi connectivity index (χ0) is 17.8. The fourth-order valence-corrected chi connectivity index (χ4v) is 2.27. The standard InChI is InChI=1S/C16H12ClF2N5O/c1-25-14-5-3-9(6-11(14)17)21-15-8-20-24-16(23-15)22-10-2-4-12(18)13(19)7-10/h2-8H,1H3,(H2,21,22,23,24). The van der Waals surface area contributed by atoms with E-state index in [1.54, 1.807) is 18.2 Å². The van der Waals surface area contributed by atoms with Gasteiger partial charge in [0.25, 0.3) is 0 Å². The number of rotatable bonds is 5. The molecule has 0 fully saturated rings. The van der Waals surface area contributed by atoms with Crippen LogP contribution < -0.4 is 15.4 Å². The van der Waals surface area contributed by atoms with Gasteiger partial charge in [0, 0.05) is 17.4 Å². The van der Waals surface area contributed by atoms with E-state index in [1.165, 1.54) is 19.4 Å². The van der Waals surface area contributed by atoms with Gasteiger partial charge in [-0.05, 0) is 30.3 Å². The third-order valence-corrected chi connectivity index (χ3v) is 3.45. The summed E-state index contributed by atoms with van der Waals surface area (Å²) in [6, 6.07) is 8.51. The highest BCUT2D eigenvalue weighted by Gasteiger charge is 2.07. The Morgan fingerprint density at radius 2 is 1.76 bits per heavy atom. The zero-order valence-corrected chi connectivity index (χ0v) is 13.7. The Bertz CT molecular complexity index is 909. The molecule has 9 heteroatoms. The van der Waals surface area contributed by atoms with Gasteiger partial charge >= 0.3 is 0 Å². The van der Waals surface area contributed by atoms with Crippen molar-refractivity contribution in [2.75, 3.05) is 17.7 Å². The second-order valence-electron chi connectivity index (χ2n) is 4.89. The van der Waals surface area contributed by atoms with E-state index in [-0.39, 0.29) is 5.95 Å². The first-order valence-electron chi connectivity index (χ1n) is 7.07. The molecule has 0 unspecified atom stereocenters. The second kappa shape index (κ2) is 7.27. The number of nitrogens with one attached hydrogen (secondary N) is 2. The van der Waals surface area contributed by atoms with Crippen molar-refractivity contribution >= 4 is 34.7 Å². The summed E-state index contributed by atoms with van der Waals surface area (Å²) >= 11 is 6.07. The van der Waals surface area contributed by atoms with E-state index in [2.05, 4.69) is 25.8 Å². The monoisotopic (exact) mass is 363 g/mol. The van der Waals surface area contributed by atoms with E-state index in [0.717, 1.165) is 12.1 Å². The van der Waals surface area contributed by atoms with Crippen LogP contribution in [0.5, 0.6) is 5.75 Å². The van der Waals surface area contributed by atoms with Crippen LogP contribution in [-0.4, -0.2) is 22.3 Å². The van der Waals surface area contributed by atoms with Crippen molar-refractivity contribution in [2.45, 2.75) is 0 Å². The van der Waals surface area contributed by atoms with Crippen LogP contribution in [0.2, 0.25) is 5.02 Å². The minimum absolute atomic E-state index is 0.121.